The van der Waals surface area contributed by atoms with E-state index in [0.29, 0.717) is 16.5 Å². The Bertz CT molecular complexity index is 734. The average Bonchev–Trinajstić information content (AvgIpc) is 2.88. The Hall–Kier alpha value is -2.34. The number of oxazole rings is 1. The van der Waals surface area contributed by atoms with Crippen molar-refractivity contribution in [3.05, 3.63) is 52.2 Å². The second-order valence-corrected chi connectivity index (χ2v) is 6.61. The standard InChI is InChI=1S/C18H22ClN3O3/c1-10(2)16(22-17(23)13-5-7-14(19)8-6-13)18(24)20-9-15-21-11(3)12(4)25-15/h5-8,10,16H,9H2,1-4H3,(H,20,24)(H,22,23). The molecule has 0 bridgehead atoms. The van der Waals surface area contributed by atoms with Crippen molar-refractivity contribution in [2.24, 2.45) is 5.92 Å². The van der Waals surface area contributed by atoms with Gasteiger partial charge in [0.15, 0.2) is 0 Å². The zero-order chi connectivity index (χ0) is 18.6. The van der Waals surface area contributed by atoms with Crippen molar-refractivity contribution in [3.63, 3.8) is 0 Å². The maximum Gasteiger partial charge on any atom is 0.251 e. The first-order chi connectivity index (χ1) is 11.8. The molecule has 134 valence electrons. The van der Waals surface area contributed by atoms with Gasteiger partial charge in [-0.1, -0.05) is 25.4 Å². The molecule has 1 atom stereocenters. The van der Waals surface area contributed by atoms with Crippen LogP contribution in [0.5, 0.6) is 0 Å². The van der Waals surface area contributed by atoms with E-state index in [1.54, 1.807) is 24.3 Å². The maximum absolute atomic E-state index is 12.5. The molecule has 2 aromatic rings. The quantitative estimate of drug-likeness (QED) is 0.826. The van der Waals surface area contributed by atoms with Gasteiger partial charge in [-0.15, -0.1) is 0 Å². The topological polar surface area (TPSA) is 84.2 Å². The van der Waals surface area contributed by atoms with Crippen LogP contribution < -0.4 is 10.6 Å². The summed E-state index contributed by atoms with van der Waals surface area (Å²) in [5.74, 6) is 0.471. The Morgan fingerprint density at radius 3 is 2.36 bits per heavy atom. The lowest BCUT2D eigenvalue weighted by molar-refractivity contribution is -0.124. The van der Waals surface area contributed by atoms with E-state index in [9.17, 15) is 9.59 Å². The number of hydrogen-bond acceptors (Lipinski definition) is 4. The van der Waals surface area contributed by atoms with Crippen molar-refractivity contribution in [1.29, 1.82) is 0 Å². The van der Waals surface area contributed by atoms with Crippen LogP contribution in [0, 0.1) is 19.8 Å². The fourth-order valence-electron chi connectivity index (χ4n) is 2.25. The van der Waals surface area contributed by atoms with E-state index in [1.807, 2.05) is 27.7 Å². The molecular weight excluding hydrogens is 342 g/mol. The van der Waals surface area contributed by atoms with E-state index in [2.05, 4.69) is 15.6 Å². The third-order valence-electron chi connectivity index (χ3n) is 3.83. The Balaban J connectivity index is 2.00. The first-order valence-corrected chi connectivity index (χ1v) is 8.42. The first-order valence-electron chi connectivity index (χ1n) is 8.05. The van der Waals surface area contributed by atoms with Crippen LogP contribution in [0.1, 0.15) is 41.6 Å². The molecule has 0 aliphatic heterocycles. The fraction of sp³-hybridized carbons (Fsp3) is 0.389. The Kier molecular flexibility index (Phi) is 6.20. The number of halogens is 1. The van der Waals surface area contributed by atoms with Gasteiger partial charge in [-0.3, -0.25) is 9.59 Å². The highest BCUT2D eigenvalue weighted by Crippen LogP contribution is 2.11. The summed E-state index contributed by atoms with van der Waals surface area (Å²) in [5, 5.41) is 6.06. The second kappa shape index (κ2) is 8.16. The van der Waals surface area contributed by atoms with Gasteiger partial charge in [0.05, 0.1) is 12.2 Å². The van der Waals surface area contributed by atoms with E-state index >= 15 is 0 Å². The molecule has 0 aliphatic rings. The lowest BCUT2D eigenvalue weighted by atomic mass is 10.0. The normalized spacial score (nSPS) is 12.1. The van der Waals surface area contributed by atoms with Gasteiger partial charge in [0.25, 0.3) is 5.91 Å². The fourth-order valence-corrected chi connectivity index (χ4v) is 2.37. The number of benzene rings is 1. The van der Waals surface area contributed by atoms with E-state index in [4.69, 9.17) is 16.0 Å². The second-order valence-electron chi connectivity index (χ2n) is 6.17. The summed E-state index contributed by atoms with van der Waals surface area (Å²) in [4.78, 5) is 29.0. The van der Waals surface area contributed by atoms with Gasteiger partial charge in [-0.25, -0.2) is 4.98 Å². The molecule has 1 unspecified atom stereocenters. The molecule has 7 heteroatoms. The number of nitrogens with zero attached hydrogens (tertiary/aromatic N) is 1. The number of aromatic nitrogens is 1. The SMILES string of the molecule is Cc1nc(CNC(=O)C(NC(=O)c2ccc(Cl)cc2)C(C)C)oc1C. The number of carbonyl (C=O) groups excluding carboxylic acids is 2. The number of amides is 2. The summed E-state index contributed by atoms with van der Waals surface area (Å²) < 4.78 is 5.44. The monoisotopic (exact) mass is 363 g/mol. The number of carbonyl (C=O) groups is 2. The molecule has 0 spiro atoms. The number of aryl methyl sites for hydroxylation is 2. The third-order valence-corrected chi connectivity index (χ3v) is 4.08. The first kappa shape index (κ1) is 19.0. The maximum atomic E-state index is 12.5. The minimum absolute atomic E-state index is 0.0794. The third kappa shape index (κ3) is 5.06. The molecule has 1 aromatic heterocycles. The van der Waals surface area contributed by atoms with Crippen LogP contribution in [0.3, 0.4) is 0 Å². The molecular formula is C18H22ClN3O3. The number of rotatable bonds is 6. The summed E-state index contributed by atoms with van der Waals surface area (Å²) in [6, 6.07) is 5.83. The van der Waals surface area contributed by atoms with Gasteiger partial charge in [0.1, 0.15) is 11.8 Å². The minimum atomic E-state index is -0.666. The highest BCUT2D eigenvalue weighted by atomic mass is 35.5. The summed E-state index contributed by atoms with van der Waals surface area (Å²) in [7, 11) is 0. The summed E-state index contributed by atoms with van der Waals surface area (Å²) in [6.45, 7) is 7.57. The van der Waals surface area contributed by atoms with Crippen molar-refractivity contribution in [3.8, 4) is 0 Å². The summed E-state index contributed by atoms with van der Waals surface area (Å²) >= 11 is 5.82. The average molecular weight is 364 g/mol. The smallest absolute Gasteiger partial charge is 0.251 e. The van der Waals surface area contributed by atoms with Crippen LogP contribution >= 0.6 is 11.6 Å². The van der Waals surface area contributed by atoms with Crippen molar-refractivity contribution in [2.45, 2.75) is 40.3 Å². The zero-order valence-electron chi connectivity index (χ0n) is 14.7. The van der Waals surface area contributed by atoms with Crippen molar-refractivity contribution in [2.75, 3.05) is 0 Å². The van der Waals surface area contributed by atoms with E-state index < -0.39 is 6.04 Å². The van der Waals surface area contributed by atoms with Gasteiger partial charge in [-0.2, -0.15) is 0 Å². The Morgan fingerprint density at radius 2 is 1.84 bits per heavy atom. The number of hydrogen-bond donors (Lipinski definition) is 2. The lowest BCUT2D eigenvalue weighted by Crippen LogP contribution is -2.49. The predicted octanol–water partition coefficient (Wildman–Crippen LogP) is 3.02. The molecule has 2 N–H and O–H groups in total. The van der Waals surface area contributed by atoms with Gasteiger partial charge < -0.3 is 15.1 Å². The molecule has 1 heterocycles. The van der Waals surface area contributed by atoms with Crippen LogP contribution in [0.2, 0.25) is 5.02 Å². The molecule has 2 rings (SSSR count). The largest absolute Gasteiger partial charge is 0.444 e. The Labute approximate surface area is 152 Å². The van der Waals surface area contributed by atoms with Crippen LogP contribution in [0.15, 0.2) is 28.7 Å². The molecule has 0 saturated heterocycles. The van der Waals surface area contributed by atoms with Crippen molar-refractivity contribution < 1.29 is 14.0 Å². The van der Waals surface area contributed by atoms with Crippen LogP contribution in [-0.2, 0) is 11.3 Å². The predicted molar refractivity (Wildman–Crippen MR) is 95.4 cm³/mol. The summed E-state index contributed by atoms with van der Waals surface area (Å²) in [6.07, 6.45) is 0. The van der Waals surface area contributed by atoms with Gasteiger partial charge in [-0.05, 0) is 44.0 Å². The van der Waals surface area contributed by atoms with Crippen LogP contribution in [0.4, 0.5) is 0 Å². The molecule has 6 nitrogen and oxygen atoms in total. The van der Waals surface area contributed by atoms with Crippen molar-refractivity contribution in [1.82, 2.24) is 15.6 Å². The molecule has 0 aliphatic carbocycles. The van der Waals surface area contributed by atoms with Gasteiger partial charge >= 0.3 is 0 Å². The number of nitrogens with one attached hydrogen (secondary N) is 2. The van der Waals surface area contributed by atoms with Crippen LogP contribution in [0.25, 0.3) is 0 Å². The molecule has 25 heavy (non-hydrogen) atoms. The van der Waals surface area contributed by atoms with E-state index in [-0.39, 0.29) is 24.3 Å². The van der Waals surface area contributed by atoms with Crippen molar-refractivity contribution >= 4 is 23.4 Å². The highest BCUT2D eigenvalue weighted by Gasteiger charge is 2.25. The van der Waals surface area contributed by atoms with Gasteiger partial charge in [0.2, 0.25) is 11.8 Å². The van der Waals surface area contributed by atoms with Crippen LogP contribution in [-0.4, -0.2) is 22.8 Å². The molecule has 0 fully saturated rings. The lowest BCUT2D eigenvalue weighted by Gasteiger charge is -2.21. The molecule has 2 amide bonds. The summed E-state index contributed by atoms with van der Waals surface area (Å²) in [5.41, 5.74) is 1.24. The zero-order valence-corrected chi connectivity index (χ0v) is 15.5. The molecule has 0 radical (unpaired) electrons. The molecule has 1 aromatic carbocycles. The van der Waals surface area contributed by atoms with E-state index in [1.165, 1.54) is 0 Å². The van der Waals surface area contributed by atoms with E-state index in [0.717, 1.165) is 11.5 Å². The minimum Gasteiger partial charge on any atom is -0.444 e. The molecule has 0 saturated carbocycles. The highest BCUT2D eigenvalue weighted by molar-refractivity contribution is 6.30. The van der Waals surface area contributed by atoms with Gasteiger partial charge in [0, 0.05) is 10.6 Å². The Morgan fingerprint density at radius 1 is 1.20 bits per heavy atom.